The lowest BCUT2D eigenvalue weighted by atomic mass is 9.82. The van der Waals surface area contributed by atoms with E-state index in [1.54, 1.807) is 11.3 Å². The maximum Gasteiger partial charge on any atom is 0.307 e. The zero-order chi connectivity index (χ0) is 27.3. The lowest BCUT2D eigenvalue weighted by Gasteiger charge is -2.40. The number of pyridine rings is 2. The standard InChI is InChI=1S/C31H35N5O2S/c1-19-24(16-27(37)38)29(35-13-9-31(3,4)10-14-35)28(20(2)33-19)22-5-6-23-18-36(12-8-21(23)15-22)30-34-25-17-32-11-7-26(25)39-30/h5-7,11,15,17H,8-10,12-14,16,18H2,1-4H3,(H,37,38). The predicted molar refractivity (Wildman–Crippen MR) is 158 cm³/mol. The number of nitrogens with zero attached hydrogens (tertiary/aromatic N) is 5. The van der Waals surface area contributed by atoms with Crippen molar-refractivity contribution in [2.75, 3.05) is 29.4 Å². The van der Waals surface area contributed by atoms with Gasteiger partial charge in [-0.05, 0) is 61.3 Å². The number of carboxylic acids is 1. The van der Waals surface area contributed by atoms with E-state index in [0.717, 1.165) is 94.6 Å². The van der Waals surface area contributed by atoms with Crippen molar-refractivity contribution in [1.82, 2.24) is 15.0 Å². The molecule has 7 nitrogen and oxygen atoms in total. The molecule has 3 aromatic heterocycles. The molecule has 0 spiro atoms. The Labute approximate surface area is 233 Å². The van der Waals surface area contributed by atoms with Gasteiger partial charge in [-0.1, -0.05) is 43.4 Å². The Hall–Kier alpha value is -3.52. The van der Waals surface area contributed by atoms with Gasteiger partial charge in [0, 0.05) is 54.9 Å². The van der Waals surface area contributed by atoms with E-state index in [4.69, 9.17) is 9.97 Å². The van der Waals surface area contributed by atoms with E-state index >= 15 is 0 Å². The molecular weight excluding hydrogens is 506 g/mol. The first-order valence-corrected chi connectivity index (χ1v) is 14.5. The number of carbonyl (C=O) groups is 1. The van der Waals surface area contributed by atoms with Crippen LogP contribution in [0.3, 0.4) is 0 Å². The van der Waals surface area contributed by atoms with Gasteiger partial charge in [-0.15, -0.1) is 0 Å². The first-order valence-electron chi connectivity index (χ1n) is 13.7. The van der Waals surface area contributed by atoms with Crippen molar-refractivity contribution in [2.24, 2.45) is 5.41 Å². The molecule has 1 saturated heterocycles. The van der Waals surface area contributed by atoms with Gasteiger partial charge in [0.25, 0.3) is 0 Å². The summed E-state index contributed by atoms with van der Waals surface area (Å²) in [7, 11) is 0. The monoisotopic (exact) mass is 541 g/mol. The maximum absolute atomic E-state index is 11.9. The topological polar surface area (TPSA) is 82.5 Å². The van der Waals surface area contributed by atoms with Gasteiger partial charge in [-0.3, -0.25) is 14.8 Å². The van der Waals surface area contributed by atoms with E-state index in [0.29, 0.717) is 5.41 Å². The fourth-order valence-corrected chi connectivity index (χ4v) is 6.99. The summed E-state index contributed by atoms with van der Waals surface area (Å²) in [5.74, 6) is -0.815. The van der Waals surface area contributed by atoms with Crippen LogP contribution in [0.1, 0.15) is 54.8 Å². The highest BCUT2D eigenvalue weighted by molar-refractivity contribution is 7.22. The van der Waals surface area contributed by atoms with Crippen molar-refractivity contribution < 1.29 is 9.90 Å². The van der Waals surface area contributed by atoms with Gasteiger partial charge in [0.2, 0.25) is 0 Å². The summed E-state index contributed by atoms with van der Waals surface area (Å²) < 4.78 is 1.16. The summed E-state index contributed by atoms with van der Waals surface area (Å²) in [5.41, 5.74) is 9.81. The zero-order valence-electron chi connectivity index (χ0n) is 23.1. The Morgan fingerprint density at radius 2 is 1.82 bits per heavy atom. The van der Waals surface area contributed by atoms with Crippen LogP contribution in [0.25, 0.3) is 21.3 Å². The zero-order valence-corrected chi connectivity index (χ0v) is 23.9. The Kier molecular flexibility index (Phi) is 6.53. The summed E-state index contributed by atoms with van der Waals surface area (Å²) >= 11 is 1.72. The number of anilines is 2. The SMILES string of the molecule is Cc1nc(C)c(-c2ccc3c(c2)CCN(c2nc4cnccc4s2)C3)c(N2CCC(C)(C)CC2)c1CC(=O)O. The van der Waals surface area contributed by atoms with E-state index in [2.05, 4.69) is 53.8 Å². The van der Waals surface area contributed by atoms with Gasteiger partial charge < -0.3 is 14.9 Å². The minimum atomic E-state index is -0.815. The van der Waals surface area contributed by atoms with Crippen molar-refractivity contribution in [1.29, 1.82) is 0 Å². The van der Waals surface area contributed by atoms with Gasteiger partial charge >= 0.3 is 5.97 Å². The lowest BCUT2D eigenvalue weighted by Crippen LogP contribution is -2.38. The van der Waals surface area contributed by atoms with Crippen LogP contribution >= 0.6 is 11.3 Å². The van der Waals surface area contributed by atoms with E-state index in [-0.39, 0.29) is 6.42 Å². The second-order valence-electron chi connectivity index (χ2n) is 11.7. The highest BCUT2D eigenvalue weighted by atomic mass is 32.1. The first kappa shape index (κ1) is 25.7. The molecule has 1 fully saturated rings. The summed E-state index contributed by atoms with van der Waals surface area (Å²) in [6.07, 6.45) is 6.74. The van der Waals surface area contributed by atoms with Crippen LogP contribution in [-0.2, 0) is 24.2 Å². The third-order valence-electron chi connectivity index (χ3n) is 8.37. The number of aliphatic carboxylic acids is 1. The molecule has 0 unspecified atom stereocenters. The number of carboxylic acid groups (broad SMARTS) is 1. The molecule has 0 bridgehead atoms. The molecule has 2 aliphatic heterocycles. The third kappa shape index (κ3) is 4.98. The first-order chi connectivity index (χ1) is 18.7. The fraction of sp³-hybridized carbons (Fsp3) is 0.419. The van der Waals surface area contributed by atoms with Crippen LogP contribution in [0, 0.1) is 19.3 Å². The molecule has 8 heteroatoms. The van der Waals surface area contributed by atoms with E-state index < -0.39 is 5.97 Å². The molecule has 6 rings (SSSR count). The average molecular weight is 542 g/mol. The number of piperidine rings is 1. The van der Waals surface area contributed by atoms with Crippen molar-refractivity contribution in [2.45, 2.75) is 59.9 Å². The van der Waals surface area contributed by atoms with E-state index in [9.17, 15) is 9.90 Å². The van der Waals surface area contributed by atoms with Crippen LogP contribution in [0.2, 0.25) is 0 Å². The van der Waals surface area contributed by atoms with Crippen LogP contribution in [-0.4, -0.2) is 45.7 Å². The molecule has 0 amide bonds. The van der Waals surface area contributed by atoms with Gasteiger partial charge in [0.1, 0.15) is 5.52 Å². The smallest absolute Gasteiger partial charge is 0.307 e. The van der Waals surface area contributed by atoms with Gasteiger partial charge in [0.15, 0.2) is 5.13 Å². The lowest BCUT2D eigenvalue weighted by molar-refractivity contribution is -0.136. The quantitative estimate of drug-likeness (QED) is 0.323. The van der Waals surface area contributed by atoms with E-state index in [1.807, 2.05) is 25.4 Å². The Bertz CT molecular complexity index is 1530. The molecule has 1 aromatic carbocycles. The minimum Gasteiger partial charge on any atom is -0.481 e. The largest absolute Gasteiger partial charge is 0.481 e. The second kappa shape index (κ2) is 9.90. The Balaban J connectivity index is 1.37. The van der Waals surface area contributed by atoms with E-state index in [1.165, 1.54) is 11.1 Å². The number of thiazole rings is 1. The van der Waals surface area contributed by atoms with Gasteiger partial charge in [-0.25, -0.2) is 4.98 Å². The maximum atomic E-state index is 11.9. The third-order valence-corrected chi connectivity index (χ3v) is 9.47. The van der Waals surface area contributed by atoms with Crippen molar-refractivity contribution >= 4 is 38.3 Å². The second-order valence-corrected chi connectivity index (χ2v) is 12.7. The number of aryl methyl sites for hydroxylation is 2. The summed E-state index contributed by atoms with van der Waals surface area (Å²) in [6, 6.07) is 8.78. The van der Waals surface area contributed by atoms with Crippen LogP contribution in [0.4, 0.5) is 10.8 Å². The Morgan fingerprint density at radius 1 is 1.03 bits per heavy atom. The Morgan fingerprint density at radius 3 is 2.56 bits per heavy atom. The molecular formula is C31H35N5O2S. The molecule has 4 aromatic rings. The van der Waals surface area contributed by atoms with Crippen molar-refractivity contribution in [3.63, 3.8) is 0 Å². The van der Waals surface area contributed by atoms with Crippen LogP contribution in [0.5, 0.6) is 0 Å². The highest BCUT2D eigenvalue weighted by Crippen LogP contribution is 2.42. The molecule has 0 atom stereocenters. The number of hydrogen-bond donors (Lipinski definition) is 1. The number of benzene rings is 1. The normalized spacial score (nSPS) is 16.9. The summed E-state index contributed by atoms with van der Waals surface area (Å²) in [5, 5.41) is 10.8. The summed E-state index contributed by atoms with van der Waals surface area (Å²) in [6.45, 7) is 12.2. The minimum absolute atomic E-state index is 0.0150. The number of aromatic nitrogens is 3. The van der Waals surface area contributed by atoms with Gasteiger partial charge in [-0.2, -0.15) is 0 Å². The molecule has 0 radical (unpaired) electrons. The molecule has 202 valence electrons. The molecule has 2 aliphatic rings. The van der Waals surface area contributed by atoms with Crippen LogP contribution in [0.15, 0.2) is 36.7 Å². The molecule has 5 heterocycles. The molecule has 39 heavy (non-hydrogen) atoms. The van der Waals surface area contributed by atoms with Crippen LogP contribution < -0.4 is 9.80 Å². The molecule has 0 aliphatic carbocycles. The van der Waals surface area contributed by atoms with Crippen molar-refractivity contribution in [3.8, 4) is 11.1 Å². The number of hydrogen-bond acceptors (Lipinski definition) is 7. The number of rotatable bonds is 5. The highest BCUT2D eigenvalue weighted by Gasteiger charge is 2.30. The predicted octanol–water partition coefficient (Wildman–Crippen LogP) is 6.19. The number of fused-ring (bicyclic) bond motifs is 2. The molecule has 1 N–H and O–H groups in total. The average Bonchev–Trinajstić information content (AvgIpc) is 3.34. The summed E-state index contributed by atoms with van der Waals surface area (Å²) in [4.78, 5) is 30.6. The van der Waals surface area contributed by atoms with Crippen molar-refractivity contribution in [3.05, 3.63) is 64.7 Å². The molecule has 0 saturated carbocycles. The fourth-order valence-electron chi connectivity index (χ4n) is 6.04. The van der Waals surface area contributed by atoms with Gasteiger partial charge in [0.05, 0.1) is 23.0 Å².